The highest BCUT2D eigenvalue weighted by Crippen LogP contribution is 2.63. The van der Waals surface area contributed by atoms with Crippen molar-refractivity contribution in [3.8, 4) is 5.75 Å². The highest BCUT2D eigenvalue weighted by Gasteiger charge is 2.59. The molecule has 2 aromatic rings. The zero-order valence-electron chi connectivity index (χ0n) is 27.9. The summed E-state index contributed by atoms with van der Waals surface area (Å²) < 4.78 is 16.0. The van der Waals surface area contributed by atoms with Gasteiger partial charge in [-0.25, -0.2) is 4.39 Å². The molecule has 0 aliphatic heterocycles. The summed E-state index contributed by atoms with van der Waals surface area (Å²) in [6, 6.07) is 16.0. The fourth-order valence-corrected chi connectivity index (χ4v) is 9.43. The third-order valence-corrected chi connectivity index (χ3v) is 11.9. The van der Waals surface area contributed by atoms with Crippen molar-refractivity contribution in [3.63, 3.8) is 0 Å². The Labute approximate surface area is 271 Å². The Morgan fingerprint density at radius 3 is 2.44 bits per heavy atom. The van der Waals surface area contributed by atoms with Crippen LogP contribution >= 0.6 is 0 Å². The van der Waals surface area contributed by atoms with E-state index < -0.39 is 12.3 Å². The smallest absolute Gasteiger partial charge is 0.222 e. The summed E-state index contributed by atoms with van der Waals surface area (Å²) in [6.07, 6.45) is 14.3. The van der Waals surface area contributed by atoms with E-state index in [1.807, 2.05) is 18.2 Å². The van der Waals surface area contributed by atoms with Gasteiger partial charge in [-0.15, -0.1) is 0 Å². The number of aliphatic hydroxyl groups is 1. The molecule has 0 radical (unpaired) electrons. The van der Waals surface area contributed by atoms with Crippen LogP contribution in [0.2, 0.25) is 0 Å². The zero-order chi connectivity index (χ0) is 31.8. The average molecular weight is 620 g/mol. The number of fused-ring (bicyclic) bond motifs is 5. The van der Waals surface area contributed by atoms with E-state index in [1.165, 1.54) is 24.8 Å². The molecule has 3 aliphatic rings. The monoisotopic (exact) mass is 619 g/mol. The van der Waals surface area contributed by atoms with Crippen LogP contribution in [0.4, 0.5) is 4.39 Å². The number of aromatic hydroxyl groups is 1. The summed E-state index contributed by atoms with van der Waals surface area (Å²) >= 11 is 0. The number of phenolic OH excluding ortho intramolecular Hbond substituents is 1. The summed E-state index contributed by atoms with van der Waals surface area (Å²) in [7, 11) is 0. The van der Waals surface area contributed by atoms with E-state index in [0.717, 1.165) is 94.8 Å². The number of unbranched alkanes of at least 4 members (excludes halogenated alkanes) is 6. The topological polar surface area (TPSA) is 60.8 Å². The lowest BCUT2D eigenvalue weighted by Gasteiger charge is -2.54. The highest BCUT2D eigenvalue weighted by molar-refractivity contribution is 5.76. The van der Waals surface area contributed by atoms with E-state index in [-0.39, 0.29) is 23.0 Å². The Balaban J connectivity index is 1.13. The molecule has 5 heteroatoms. The average Bonchev–Trinajstić information content (AvgIpc) is 3.32. The van der Waals surface area contributed by atoms with Gasteiger partial charge in [-0.05, 0) is 110 Å². The molecule has 0 aromatic heterocycles. The maximum atomic E-state index is 16.0. The molecule has 2 N–H and O–H groups in total. The number of aryl methyl sites for hydroxylation is 1. The molecule has 3 unspecified atom stereocenters. The van der Waals surface area contributed by atoms with E-state index in [0.29, 0.717) is 30.6 Å². The Kier molecular flexibility index (Phi) is 12.0. The minimum Gasteiger partial charge on any atom is -0.508 e. The molecule has 5 rings (SSSR count). The van der Waals surface area contributed by atoms with Crippen LogP contribution in [0.25, 0.3) is 0 Å². The molecule has 0 saturated heterocycles. The lowest BCUT2D eigenvalue weighted by atomic mass is 9.51. The molecule has 45 heavy (non-hydrogen) atoms. The molecule has 0 spiro atoms. The summed E-state index contributed by atoms with van der Waals surface area (Å²) in [5.74, 6) is 1.42. The van der Waals surface area contributed by atoms with Gasteiger partial charge in [-0.1, -0.05) is 88.8 Å². The van der Waals surface area contributed by atoms with Crippen molar-refractivity contribution in [2.45, 2.75) is 135 Å². The van der Waals surface area contributed by atoms with Crippen LogP contribution in [-0.4, -0.2) is 46.4 Å². The van der Waals surface area contributed by atoms with Crippen molar-refractivity contribution in [3.05, 3.63) is 65.2 Å². The summed E-state index contributed by atoms with van der Waals surface area (Å²) in [5, 5.41) is 21.2. The molecular weight excluding hydrogens is 561 g/mol. The van der Waals surface area contributed by atoms with Gasteiger partial charge in [0.1, 0.15) is 11.9 Å². The third-order valence-electron chi connectivity index (χ3n) is 11.9. The Hall–Kier alpha value is -2.40. The molecule has 0 bridgehead atoms. The van der Waals surface area contributed by atoms with Gasteiger partial charge in [0.2, 0.25) is 5.91 Å². The number of hydrogen-bond donors (Lipinski definition) is 2. The first-order valence-corrected chi connectivity index (χ1v) is 18.3. The Bertz CT molecular complexity index is 1220. The minimum atomic E-state index is -0.955. The van der Waals surface area contributed by atoms with Crippen LogP contribution in [0.5, 0.6) is 5.75 Å². The maximum absolute atomic E-state index is 16.0. The number of phenols is 1. The Morgan fingerprint density at radius 1 is 0.956 bits per heavy atom. The predicted molar refractivity (Wildman–Crippen MR) is 181 cm³/mol. The van der Waals surface area contributed by atoms with Gasteiger partial charge in [-0.2, -0.15) is 0 Å². The Morgan fingerprint density at radius 2 is 1.69 bits per heavy atom. The molecule has 2 aromatic carbocycles. The van der Waals surface area contributed by atoms with Crippen LogP contribution in [0.15, 0.2) is 48.5 Å². The van der Waals surface area contributed by atoms with Crippen molar-refractivity contribution in [2.24, 2.45) is 23.2 Å². The van der Waals surface area contributed by atoms with Crippen LogP contribution in [0, 0.1) is 23.2 Å². The summed E-state index contributed by atoms with van der Waals surface area (Å²) in [6.45, 7) is 6.08. The highest BCUT2D eigenvalue weighted by atomic mass is 19.1. The number of benzene rings is 2. The fraction of sp³-hybridized carbons (Fsp3) is 0.675. The van der Waals surface area contributed by atoms with Crippen molar-refractivity contribution < 1.29 is 19.4 Å². The van der Waals surface area contributed by atoms with Gasteiger partial charge in [-0.3, -0.25) is 4.79 Å². The number of amides is 1. The third kappa shape index (κ3) is 8.13. The zero-order valence-corrected chi connectivity index (χ0v) is 27.9. The van der Waals surface area contributed by atoms with Crippen LogP contribution < -0.4 is 0 Å². The molecule has 2 saturated carbocycles. The molecule has 3 aliphatic carbocycles. The number of halogens is 1. The van der Waals surface area contributed by atoms with E-state index in [9.17, 15) is 15.0 Å². The molecule has 1 amide bonds. The quantitative estimate of drug-likeness (QED) is 0.184. The molecule has 2 fully saturated rings. The largest absolute Gasteiger partial charge is 0.508 e. The van der Waals surface area contributed by atoms with Gasteiger partial charge in [0, 0.05) is 25.4 Å². The van der Waals surface area contributed by atoms with Gasteiger partial charge in [0.05, 0.1) is 6.10 Å². The normalized spacial score (nSPS) is 28.7. The first-order valence-electron chi connectivity index (χ1n) is 18.3. The molecular formula is C40H58FNO3. The SMILES string of the molecule is CCCCCCN(CCCCCC[C@@H]1Cc2cc(O)ccc2C2C1C1CC[C@H](O)[C@@]1(C)C[C@@H]2F)C(=O)CCCc1ccccc1. The number of nitrogens with zero attached hydrogens (tertiary/aromatic N) is 1. The summed E-state index contributed by atoms with van der Waals surface area (Å²) in [5.41, 5.74) is 3.18. The van der Waals surface area contributed by atoms with Crippen molar-refractivity contribution >= 4 is 5.91 Å². The van der Waals surface area contributed by atoms with E-state index in [2.05, 4.69) is 43.0 Å². The van der Waals surface area contributed by atoms with E-state index in [4.69, 9.17) is 0 Å². The number of carbonyl (C=O) groups is 1. The molecule has 248 valence electrons. The second-order valence-electron chi connectivity index (χ2n) is 14.9. The first-order chi connectivity index (χ1) is 21.8. The number of rotatable bonds is 16. The second-order valence-corrected chi connectivity index (χ2v) is 14.9. The maximum Gasteiger partial charge on any atom is 0.222 e. The standard InChI is InChI=1S/C40H58FNO3/c1-3-4-5-12-24-42(37(45)19-14-17-29-15-9-8-10-16-29)25-13-7-6-11-18-30-26-31-27-32(43)20-21-33(31)39-35(41)28-40(2)34(38(30)39)22-23-36(40)44/h8-10,15-16,20-21,27,30,34-36,38-39,43-44H,3-7,11-14,17-19,22-26,28H2,1-2H3/t30-,34?,35+,36+,38?,39?,40+/m1/s1. The van der Waals surface area contributed by atoms with Gasteiger partial charge in [0.25, 0.3) is 0 Å². The van der Waals surface area contributed by atoms with Crippen molar-refractivity contribution in [1.82, 2.24) is 4.90 Å². The van der Waals surface area contributed by atoms with Crippen molar-refractivity contribution in [2.75, 3.05) is 13.1 Å². The fourth-order valence-electron chi connectivity index (χ4n) is 9.43. The predicted octanol–water partition coefficient (Wildman–Crippen LogP) is 9.17. The van der Waals surface area contributed by atoms with Gasteiger partial charge >= 0.3 is 0 Å². The first kappa shape index (κ1) is 33.9. The number of carbonyl (C=O) groups excluding carboxylic acids is 1. The van der Waals surface area contributed by atoms with Gasteiger partial charge in [0.15, 0.2) is 0 Å². The summed E-state index contributed by atoms with van der Waals surface area (Å²) in [4.78, 5) is 15.3. The van der Waals surface area contributed by atoms with E-state index >= 15 is 4.39 Å². The van der Waals surface area contributed by atoms with Gasteiger partial charge < -0.3 is 15.1 Å². The second kappa shape index (κ2) is 15.9. The lowest BCUT2D eigenvalue weighted by Crippen LogP contribution is -2.51. The van der Waals surface area contributed by atoms with Crippen LogP contribution in [-0.2, 0) is 17.6 Å². The minimum absolute atomic E-state index is 0.128. The van der Waals surface area contributed by atoms with Crippen LogP contribution in [0.3, 0.4) is 0 Å². The number of hydrogen-bond acceptors (Lipinski definition) is 3. The van der Waals surface area contributed by atoms with Crippen molar-refractivity contribution in [1.29, 1.82) is 0 Å². The lowest BCUT2D eigenvalue weighted by molar-refractivity contribution is -0.131. The number of aliphatic hydroxyl groups excluding tert-OH is 1. The van der Waals surface area contributed by atoms with E-state index in [1.54, 1.807) is 6.07 Å². The number of alkyl halides is 1. The van der Waals surface area contributed by atoms with Crippen LogP contribution in [0.1, 0.15) is 126 Å². The molecule has 7 atom stereocenters. The molecule has 4 nitrogen and oxygen atoms in total. The molecule has 0 heterocycles.